The third-order valence-electron chi connectivity index (χ3n) is 2.82. The van der Waals surface area contributed by atoms with Crippen molar-refractivity contribution in [3.8, 4) is 0 Å². The Morgan fingerprint density at radius 2 is 2.35 bits per heavy atom. The fourth-order valence-electron chi connectivity index (χ4n) is 1.83. The molecule has 7 heteroatoms. The largest absolute Gasteiger partial charge is 0.481 e. The smallest absolute Gasteiger partial charge is 0.311 e. The number of carbonyl (C=O) groups is 1. The van der Waals surface area contributed by atoms with Crippen molar-refractivity contribution in [2.24, 2.45) is 5.92 Å². The van der Waals surface area contributed by atoms with Crippen LogP contribution >= 0.6 is 11.6 Å². The first-order chi connectivity index (χ1) is 8.09. The monoisotopic (exact) mass is 257 g/mol. The molecule has 0 spiro atoms. The van der Waals surface area contributed by atoms with Crippen LogP contribution in [0.5, 0.6) is 0 Å². The molecule has 1 N–H and O–H groups in total. The maximum Gasteiger partial charge on any atom is 0.311 e. The second-order valence-corrected chi connectivity index (χ2v) is 4.25. The molecule has 17 heavy (non-hydrogen) atoms. The van der Waals surface area contributed by atoms with Crippen molar-refractivity contribution < 1.29 is 14.6 Å². The number of ether oxygens (including phenoxy) is 1. The Morgan fingerprint density at radius 3 is 3.00 bits per heavy atom. The fourth-order valence-corrected chi connectivity index (χ4v) is 1.98. The van der Waals surface area contributed by atoms with E-state index in [1.165, 1.54) is 6.20 Å². The SMILES string of the molecule is CN(c1cncc(Cl)n1)C1COCC1C(=O)O. The molecule has 2 heterocycles. The summed E-state index contributed by atoms with van der Waals surface area (Å²) >= 11 is 5.75. The van der Waals surface area contributed by atoms with Gasteiger partial charge in [0.15, 0.2) is 0 Å². The minimum absolute atomic E-state index is 0.221. The van der Waals surface area contributed by atoms with Gasteiger partial charge in [-0.05, 0) is 0 Å². The number of rotatable bonds is 3. The van der Waals surface area contributed by atoms with Gasteiger partial charge >= 0.3 is 5.97 Å². The molecule has 1 aliphatic heterocycles. The van der Waals surface area contributed by atoms with Crippen molar-refractivity contribution in [1.82, 2.24) is 9.97 Å². The molecule has 2 unspecified atom stereocenters. The van der Waals surface area contributed by atoms with E-state index in [-0.39, 0.29) is 17.8 Å². The van der Waals surface area contributed by atoms with E-state index in [9.17, 15) is 4.79 Å². The Morgan fingerprint density at radius 1 is 1.59 bits per heavy atom. The molecule has 2 rings (SSSR count). The van der Waals surface area contributed by atoms with E-state index in [4.69, 9.17) is 21.4 Å². The molecule has 0 amide bonds. The van der Waals surface area contributed by atoms with Gasteiger partial charge in [-0.25, -0.2) is 4.98 Å². The van der Waals surface area contributed by atoms with Crippen LogP contribution in [-0.2, 0) is 9.53 Å². The van der Waals surface area contributed by atoms with E-state index in [1.807, 2.05) is 0 Å². The summed E-state index contributed by atoms with van der Waals surface area (Å²) in [5.74, 6) is -0.880. The van der Waals surface area contributed by atoms with Crippen molar-refractivity contribution in [2.75, 3.05) is 25.2 Å². The van der Waals surface area contributed by atoms with Crippen LogP contribution in [0.1, 0.15) is 0 Å². The number of hydrogen-bond acceptors (Lipinski definition) is 5. The standard InChI is InChI=1S/C10H12ClN3O3/c1-14(9-3-12-2-8(11)13-9)7-5-17-4-6(7)10(15)16/h2-3,6-7H,4-5H2,1H3,(H,15,16). The summed E-state index contributed by atoms with van der Waals surface area (Å²) in [6.45, 7) is 0.583. The third kappa shape index (κ3) is 2.48. The van der Waals surface area contributed by atoms with Crippen molar-refractivity contribution in [3.63, 3.8) is 0 Å². The highest BCUT2D eigenvalue weighted by molar-refractivity contribution is 6.29. The van der Waals surface area contributed by atoms with Gasteiger partial charge in [0, 0.05) is 7.05 Å². The normalized spacial score (nSPS) is 23.6. The van der Waals surface area contributed by atoms with Gasteiger partial charge in [0.2, 0.25) is 0 Å². The van der Waals surface area contributed by atoms with Gasteiger partial charge in [-0.3, -0.25) is 9.78 Å². The Labute approximate surface area is 103 Å². The third-order valence-corrected chi connectivity index (χ3v) is 3.00. The maximum absolute atomic E-state index is 11.0. The summed E-state index contributed by atoms with van der Waals surface area (Å²) in [5.41, 5.74) is 0. The Hall–Kier alpha value is -1.40. The number of likely N-dealkylation sites (N-methyl/N-ethyl adjacent to an activating group) is 1. The van der Waals surface area contributed by atoms with Gasteiger partial charge in [0.25, 0.3) is 0 Å². The van der Waals surface area contributed by atoms with Crippen LogP contribution in [0, 0.1) is 5.92 Å². The molecule has 1 aromatic heterocycles. The average molecular weight is 258 g/mol. The van der Waals surface area contributed by atoms with Gasteiger partial charge in [-0.2, -0.15) is 0 Å². The maximum atomic E-state index is 11.0. The first-order valence-corrected chi connectivity index (χ1v) is 5.48. The molecule has 0 bridgehead atoms. The van der Waals surface area contributed by atoms with Crippen molar-refractivity contribution in [2.45, 2.75) is 6.04 Å². The Balaban J connectivity index is 2.19. The highest BCUT2D eigenvalue weighted by Gasteiger charge is 2.37. The van der Waals surface area contributed by atoms with Crippen LogP contribution in [0.2, 0.25) is 5.15 Å². The second kappa shape index (κ2) is 4.85. The van der Waals surface area contributed by atoms with E-state index < -0.39 is 11.9 Å². The Bertz CT molecular complexity index is 429. The number of aliphatic carboxylic acids is 1. The van der Waals surface area contributed by atoms with Gasteiger partial charge in [0.1, 0.15) is 16.9 Å². The van der Waals surface area contributed by atoms with E-state index >= 15 is 0 Å². The number of carboxylic acid groups (broad SMARTS) is 1. The Kier molecular flexibility index (Phi) is 3.44. The molecule has 0 aliphatic carbocycles. The number of halogens is 1. The first-order valence-electron chi connectivity index (χ1n) is 5.10. The quantitative estimate of drug-likeness (QED) is 0.858. The molecule has 1 aliphatic rings. The second-order valence-electron chi connectivity index (χ2n) is 3.86. The van der Waals surface area contributed by atoms with E-state index in [2.05, 4.69) is 9.97 Å². The lowest BCUT2D eigenvalue weighted by Gasteiger charge is -2.26. The lowest BCUT2D eigenvalue weighted by atomic mass is 10.0. The summed E-state index contributed by atoms with van der Waals surface area (Å²) in [7, 11) is 1.76. The number of nitrogens with zero attached hydrogens (tertiary/aromatic N) is 3. The number of anilines is 1. The van der Waals surface area contributed by atoms with Crippen molar-refractivity contribution in [1.29, 1.82) is 0 Å². The van der Waals surface area contributed by atoms with Gasteiger partial charge in [-0.15, -0.1) is 0 Å². The minimum atomic E-state index is -0.866. The van der Waals surface area contributed by atoms with Gasteiger partial charge in [0.05, 0.1) is 31.6 Å². The number of aromatic nitrogens is 2. The summed E-state index contributed by atoms with van der Waals surface area (Å²) in [6.07, 6.45) is 2.97. The molecule has 0 aromatic carbocycles. The van der Waals surface area contributed by atoms with Crippen molar-refractivity contribution >= 4 is 23.4 Å². The molecule has 6 nitrogen and oxygen atoms in total. The van der Waals surface area contributed by atoms with E-state index in [1.54, 1.807) is 18.1 Å². The van der Waals surface area contributed by atoms with Gasteiger partial charge in [-0.1, -0.05) is 11.6 Å². The zero-order chi connectivity index (χ0) is 12.4. The van der Waals surface area contributed by atoms with Crippen LogP contribution in [0.3, 0.4) is 0 Å². The zero-order valence-corrected chi connectivity index (χ0v) is 9.96. The summed E-state index contributed by atoms with van der Waals surface area (Å²) in [5, 5.41) is 9.34. The molecular weight excluding hydrogens is 246 g/mol. The van der Waals surface area contributed by atoms with Crippen molar-refractivity contribution in [3.05, 3.63) is 17.5 Å². The average Bonchev–Trinajstić information content (AvgIpc) is 2.77. The predicted molar refractivity (Wildman–Crippen MR) is 61.2 cm³/mol. The minimum Gasteiger partial charge on any atom is -0.481 e. The molecule has 1 saturated heterocycles. The molecule has 2 atom stereocenters. The lowest BCUT2D eigenvalue weighted by Crippen LogP contribution is -2.41. The lowest BCUT2D eigenvalue weighted by molar-refractivity contribution is -0.141. The topological polar surface area (TPSA) is 75.5 Å². The van der Waals surface area contributed by atoms with Crippen LogP contribution in [0.25, 0.3) is 0 Å². The predicted octanol–water partition coefficient (Wildman–Crippen LogP) is 0.666. The van der Waals surface area contributed by atoms with Crippen LogP contribution in [-0.4, -0.2) is 47.3 Å². The van der Waals surface area contributed by atoms with E-state index in [0.717, 1.165) is 0 Å². The summed E-state index contributed by atoms with van der Waals surface area (Å²) < 4.78 is 5.20. The number of hydrogen-bond donors (Lipinski definition) is 1. The molecular formula is C10H12ClN3O3. The molecule has 0 saturated carbocycles. The highest BCUT2D eigenvalue weighted by Crippen LogP contribution is 2.23. The van der Waals surface area contributed by atoms with Crippen LogP contribution < -0.4 is 4.90 Å². The number of carboxylic acids is 1. The summed E-state index contributed by atoms with van der Waals surface area (Å²) in [6, 6.07) is -0.250. The van der Waals surface area contributed by atoms with Crippen LogP contribution in [0.4, 0.5) is 5.82 Å². The van der Waals surface area contributed by atoms with E-state index in [0.29, 0.717) is 12.4 Å². The first kappa shape index (κ1) is 12.1. The molecule has 1 aromatic rings. The van der Waals surface area contributed by atoms with Gasteiger partial charge < -0.3 is 14.7 Å². The summed E-state index contributed by atoms with van der Waals surface area (Å²) in [4.78, 5) is 20.8. The van der Waals surface area contributed by atoms with Crippen LogP contribution in [0.15, 0.2) is 12.4 Å². The fraction of sp³-hybridized carbons (Fsp3) is 0.500. The molecule has 0 radical (unpaired) electrons. The highest BCUT2D eigenvalue weighted by atomic mass is 35.5. The molecule has 1 fully saturated rings. The molecule has 92 valence electrons. The zero-order valence-electron chi connectivity index (χ0n) is 9.21.